The topological polar surface area (TPSA) is 97.0 Å². The van der Waals surface area contributed by atoms with Gasteiger partial charge in [0, 0.05) is 6.07 Å². The van der Waals surface area contributed by atoms with Crippen LogP contribution in [0.15, 0.2) is 48.5 Å². The molecule has 1 aliphatic heterocycles. The lowest BCUT2D eigenvalue weighted by Crippen LogP contribution is -2.44. The summed E-state index contributed by atoms with van der Waals surface area (Å²) in [7, 11) is 0. The molecule has 1 heterocycles. The minimum atomic E-state index is -1.18. The Balaban J connectivity index is 1.79. The lowest BCUT2D eigenvalue weighted by atomic mass is 9.87. The first-order valence-corrected chi connectivity index (χ1v) is 10.3. The standard InChI is InChI=1S/C23H27N3O5/c1-4-23(16-10-8-7-9-11-16)21(28)26(22(29)25-23)15-20(27)24-18-14-17(30-5-2)12-13-19(18)31-6-3/h7-14H,4-6,15H2,1-3H3,(H,24,27)(H,25,29)/t23-/m0/s1. The van der Waals surface area contributed by atoms with Crippen molar-refractivity contribution in [2.45, 2.75) is 32.7 Å². The van der Waals surface area contributed by atoms with Crippen LogP contribution in [0.2, 0.25) is 0 Å². The third-order valence-corrected chi connectivity index (χ3v) is 5.11. The van der Waals surface area contributed by atoms with Crippen LogP contribution in [-0.2, 0) is 15.1 Å². The van der Waals surface area contributed by atoms with Crippen LogP contribution < -0.4 is 20.1 Å². The number of hydrogen-bond acceptors (Lipinski definition) is 5. The van der Waals surface area contributed by atoms with Crippen molar-refractivity contribution in [2.24, 2.45) is 0 Å². The van der Waals surface area contributed by atoms with E-state index < -0.39 is 29.9 Å². The molecule has 2 aromatic carbocycles. The summed E-state index contributed by atoms with van der Waals surface area (Å²) in [5, 5.41) is 5.50. The van der Waals surface area contributed by atoms with E-state index in [0.717, 1.165) is 4.90 Å². The molecule has 4 amide bonds. The number of amides is 4. The highest BCUT2D eigenvalue weighted by Crippen LogP contribution is 2.33. The Labute approximate surface area is 181 Å². The predicted octanol–water partition coefficient (Wildman–Crippen LogP) is 3.28. The number of nitrogens with zero attached hydrogens (tertiary/aromatic N) is 1. The quantitative estimate of drug-likeness (QED) is 0.601. The molecule has 0 aromatic heterocycles. The van der Waals surface area contributed by atoms with E-state index in [9.17, 15) is 14.4 Å². The average molecular weight is 425 g/mol. The van der Waals surface area contributed by atoms with E-state index in [0.29, 0.717) is 42.4 Å². The summed E-state index contributed by atoms with van der Waals surface area (Å²) in [6.07, 6.45) is 0.366. The molecule has 8 nitrogen and oxygen atoms in total. The lowest BCUT2D eigenvalue weighted by molar-refractivity contribution is -0.134. The SMILES string of the molecule is CCOc1ccc(OCC)c(NC(=O)CN2C(=O)N[C@@](CC)(c3ccccc3)C2=O)c1. The first kappa shape index (κ1) is 22.1. The number of anilines is 1. The molecule has 1 atom stereocenters. The molecule has 1 aliphatic rings. The third-order valence-electron chi connectivity index (χ3n) is 5.11. The normalized spacial score (nSPS) is 18.0. The summed E-state index contributed by atoms with van der Waals surface area (Å²) in [4.78, 5) is 39.5. The molecule has 0 saturated carbocycles. The Bertz CT molecular complexity index is 963. The monoisotopic (exact) mass is 425 g/mol. The first-order valence-electron chi connectivity index (χ1n) is 10.3. The van der Waals surface area contributed by atoms with Gasteiger partial charge in [0.1, 0.15) is 23.6 Å². The fourth-order valence-corrected chi connectivity index (χ4v) is 3.61. The summed E-state index contributed by atoms with van der Waals surface area (Å²) in [6.45, 7) is 6.00. The lowest BCUT2D eigenvalue weighted by Gasteiger charge is -2.25. The van der Waals surface area contributed by atoms with Crippen molar-refractivity contribution in [3.05, 3.63) is 54.1 Å². The van der Waals surface area contributed by atoms with Crippen LogP contribution >= 0.6 is 0 Å². The Hall–Kier alpha value is -3.55. The van der Waals surface area contributed by atoms with E-state index in [4.69, 9.17) is 9.47 Å². The number of nitrogens with one attached hydrogen (secondary N) is 2. The van der Waals surface area contributed by atoms with Gasteiger partial charge in [0.15, 0.2) is 0 Å². The van der Waals surface area contributed by atoms with Gasteiger partial charge in [-0.1, -0.05) is 37.3 Å². The molecule has 2 aromatic rings. The second kappa shape index (κ2) is 9.51. The second-order valence-corrected chi connectivity index (χ2v) is 7.02. The van der Waals surface area contributed by atoms with E-state index in [-0.39, 0.29) is 0 Å². The van der Waals surface area contributed by atoms with Crippen LogP contribution in [0.5, 0.6) is 11.5 Å². The predicted molar refractivity (Wildman–Crippen MR) is 116 cm³/mol. The Morgan fingerprint density at radius 1 is 1.03 bits per heavy atom. The minimum absolute atomic E-state index is 0.366. The zero-order chi connectivity index (χ0) is 22.4. The van der Waals surface area contributed by atoms with E-state index in [1.54, 1.807) is 30.3 Å². The molecule has 1 fully saturated rings. The second-order valence-electron chi connectivity index (χ2n) is 7.02. The van der Waals surface area contributed by atoms with Gasteiger partial charge in [-0.2, -0.15) is 0 Å². The molecule has 8 heteroatoms. The molecular formula is C23H27N3O5. The maximum Gasteiger partial charge on any atom is 0.325 e. The van der Waals surface area contributed by atoms with Gasteiger partial charge in [-0.3, -0.25) is 14.5 Å². The van der Waals surface area contributed by atoms with Crippen molar-refractivity contribution in [2.75, 3.05) is 25.1 Å². The fourth-order valence-electron chi connectivity index (χ4n) is 3.61. The van der Waals surface area contributed by atoms with Crippen LogP contribution in [0.25, 0.3) is 0 Å². The number of urea groups is 1. The molecule has 0 aliphatic carbocycles. The van der Waals surface area contributed by atoms with Crippen LogP contribution in [0.1, 0.15) is 32.8 Å². The summed E-state index contributed by atoms with van der Waals surface area (Å²) in [6, 6.07) is 13.5. The Kier molecular flexibility index (Phi) is 6.79. The Morgan fingerprint density at radius 2 is 1.74 bits per heavy atom. The summed E-state index contributed by atoms with van der Waals surface area (Å²) in [5.74, 6) is 0.0848. The van der Waals surface area contributed by atoms with Crippen molar-refractivity contribution in [1.29, 1.82) is 0 Å². The van der Waals surface area contributed by atoms with E-state index >= 15 is 0 Å². The molecule has 0 radical (unpaired) electrons. The van der Waals surface area contributed by atoms with Crippen molar-refractivity contribution in [1.82, 2.24) is 10.2 Å². The summed E-state index contributed by atoms with van der Waals surface area (Å²) >= 11 is 0. The average Bonchev–Trinajstić information content (AvgIpc) is 3.01. The van der Waals surface area contributed by atoms with Gasteiger partial charge < -0.3 is 20.1 Å². The van der Waals surface area contributed by atoms with Gasteiger partial charge in [0.05, 0.1) is 18.9 Å². The Morgan fingerprint density at radius 3 is 2.39 bits per heavy atom. The molecule has 2 N–H and O–H groups in total. The number of hydrogen-bond donors (Lipinski definition) is 2. The van der Waals surface area contributed by atoms with Crippen LogP contribution in [0.4, 0.5) is 10.5 Å². The highest BCUT2D eigenvalue weighted by molar-refractivity contribution is 6.10. The third kappa shape index (κ3) is 4.47. The fraction of sp³-hybridized carbons (Fsp3) is 0.348. The van der Waals surface area contributed by atoms with Crippen LogP contribution in [-0.4, -0.2) is 42.5 Å². The van der Waals surface area contributed by atoms with E-state index in [2.05, 4.69) is 10.6 Å². The zero-order valence-corrected chi connectivity index (χ0v) is 17.9. The van der Waals surface area contributed by atoms with Crippen LogP contribution in [0.3, 0.4) is 0 Å². The first-order chi connectivity index (χ1) is 14.9. The van der Waals surface area contributed by atoms with E-state index in [1.807, 2.05) is 39.0 Å². The molecule has 31 heavy (non-hydrogen) atoms. The number of carbonyl (C=O) groups is 3. The zero-order valence-electron chi connectivity index (χ0n) is 17.9. The minimum Gasteiger partial charge on any atom is -0.494 e. The maximum atomic E-state index is 13.2. The van der Waals surface area contributed by atoms with Gasteiger partial charge in [0.2, 0.25) is 5.91 Å². The summed E-state index contributed by atoms with van der Waals surface area (Å²) < 4.78 is 11.0. The van der Waals surface area contributed by atoms with Gasteiger partial charge in [-0.15, -0.1) is 0 Å². The largest absolute Gasteiger partial charge is 0.494 e. The van der Waals surface area contributed by atoms with Crippen molar-refractivity contribution >= 4 is 23.5 Å². The molecule has 164 valence electrons. The molecule has 3 rings (SSSR count). The number of ether oxygens (including phenoxy) is 2. The maximum absolute atomic E-state index is 13.2. The van der Waals surface area contributed by atoms with Crippen molar-refractivity contribution in [3.63, 3.8) is 0 Å². The van der Waals surface area contributed by atoms with Crippen molar-refractivity contribution in [3.8, 4) is 11.5 Å². The van der Waals surface area contributed by atoms with Gasteiger partial charge >= 0.3 is 6.03 Å². The van der Waals surface area contributed by atoms with Crippen LogP contribution in [0, 0.1) is 0 Å². The van der Waals surface area contributed by atoms with Gasteiger partial charge in [-0.25, -0.2) is 4.79 Å². The molecular weight excluding hydrogens is 398 g/mol. The molecule has 1 saturated heterocycles. The van der Waals surface area contributed by atoms with Gasteiger partial charge in [0.25, 0.3) is 5.91 Å². The number of benzene rings is 2. The number of rotatable bonds is 9. The van der Waals surface area contributed by atoms with Gasteiger partial charge in [-0.05, 0) is 38.0 Å². The number of carbonyl (C=O) groups excluding carboxylic acids is 3. The highest BCUT2D eigenvalue weighted by Gasteiger charge is 2.51. The molecule has 0 unspecified atom stereocenters. The highest BCUT2D eigenvalue weighted by atomic mass is 16.5. The summed E-state index contributed by atoms with van der Waals surface area (Å²) in [5.41, 5.74) is -0.0826. The van der Waals surface area contributed by atoms with Crippen molar-refractivity contribution < 1.29 is 23.9 Å². The molecule has 0 bridgehead atoms. The molecule has 0 spiro atoms. The number of imide groups is 1. The van der Waals surface area contributed by atoms with E-state index in [1.165, 1.54) is 0 Å². The smallest absolute Gasteiger partial charge is 0.325 e.